The number of aliphatic hydroxyl groups is 1. The van der Waals surface area contributed by atoms with Crippen LogP contribution in [-0.4, -0.2) is 28.2 Å². The number of aromatic nitrogens is 1. The number of halogens is 1. The standard InChI is InChI=1S/C7H8IN3O3/c8-5-3-6(11(13)14)7(10-4-5)9-1-2-12/h3-4,12H,1-2H2,(H,9,10). The largest absolute Gasteiger partial charge is 0.395 e. The Labute approximate surface area is 93.6 Å². The Kier molecular flexibility index (Phi) is 4.01. The summed E-state index contributed by atoms with van der Waals surface area (Å²) in [5, 5.41) is 21.8. The van der Waals surface area contributed by atoms with Gasteiger partial charge in [-0.2, -0.15) is 0 Å². The summed E-state index contributed by atoms with van der Waals surface area (Å²) < 4.78 is 0.698. The molecule has 0 fully saturated rings. The van der Waals surface area contributed by atoms with Gasteiger partial charge in [0, 0.05) is 22.4 Å². The summed E-state index contributed by atoms with van der Waals surface area (Å²) in [6, 6.07) is 1.42. The molecule has 0 spiro atoms. The van der Waals surface area contributed by atoms with Crippen molar-refractivity contribution in [1.29, 1.82) is 0 Å². The van der Waals surface area contributed by atoms with E-state index in [2.05, 4.69) is 10.3 Å². The van der Waals surface area contributed by atoms with Gasteiger partial charge in [0.1, 0.15) is 0 Å². The van der Waals surface area contributed by atoms with Crippen molar-refractivity contribution < 1.29 is 10.0 Å². The number of rotatable bonds is 4. The second-order valence-corrected chi connectivity index (χ2v) is 3.67. The zero-order valence-corrected chi connectivity index (χ0v) is 9.26. The molecule has 0 amide bonds. The minimum atomic E-state index is -0.505. The Balaban J connectivity index is 2.96. The maximum Gasteiger partial charge on any atom is 0.312 e. The number of anilines is 1. The lowest BCUT2D eigenvalue weighted by Crippen LogP contribution is -2.09. The molecule has 0 saturated carbocycles. The summed E-state index contributed by atoms with van der Waals surface area (Å²) in [6.45, 7) is 0.152. The van der Waals surface area contributed by atoms with Crippen LogP contribution in [0.2, 0.25) is 0 Å². The van der Waals surface area contributed by atoms with Crippen LogP contribution in [0.5, 0.6) is 0 Å². The Morgan fingerprint density at radius 1 is 1.71 bits per heavy atom. The number of hydrogen-bond donors (Lipinski definition) is 2. The molecule has 0 aromatic carbocycles. The molecule has 0 bridgehead atoms. The van der Waals surface area contributed by atoms with Crippen molar-refractivity contribution in [3.8, 4) is 0 Å². The highest BCUT2D eigenvalue weighted by Gasteiger charge is 2.14. The maximum atomic E-state index is 10.6. The number of nitrogens with one attached hydrogen (secondary N) is 1. The van der Waals surface area contributed by atoms with E-state index in [0.717, 1.165) is 0 Å². The van der Waals surface area contributed by atoms with Crippen LogP contribution in [-0.2, 0) is 0 Å². The average Bonchev–Trinajstić information content (AvgIpc) is 2.15. The van der Waals surface area contributed by atoms with Crippen LogP contribution in [0.25, 0.3) is 0 Å². The van der Waals surface area contributed by atoms with E-state index in [1.807, 2.05) is 22.6 Å². The highest BCUT2D eigenvalue weighted by molar-refractivity contribution is 14.1. The predicted octanol–water partition coefficient (Wildman–Crippen LogP) is 0.999. The fourth-order valence-corrected chi connectivity index (χ4v) is 1.31. The van der Waals surface area contributed by atoms with Gasteiger partial charge in [-0.15, -0.1) is 0 Å². The molecule has 0 aliphatic heterocycles. The third kappa shape index (κ3) is 2.77. The average molecular weight is 309 g/mol. The predicted molar refractivity (Wildman–Crippen MR) is 59.2 cm³/mol. The first kappa shape index (κ1) is 11.1. The third-order valence-electron chi connectivity index (χ3n) is 1.44. The van der Waals surface area contributed by atoms with E-state index in [1.54, 1.807) is 0 Å². The first-order valence-electron chi connectivity index (χ1n) is 3.80. The molecule has 76 valence electrons. The number of hydrogen-bond acceptors (Lipinski definition) is 5. The van der Waals surface area contributed by atoms with Crippen LogP contribution < -0.4 is 5.32 Å². The smallest absolute Gasteiger partial charge is 0.312 e. The number of pyridine rings is 1. The minimum Gasteiger partial charge on any atom is -0.395 e. The summed E-state index contributed by atoms with van der Waals surface area (Å²) in [7, 11) is 0. The lowest BCUT2D eigenvalue weighted by Gasteiger charge is -2.03. The van der Waals surface area contributed by atoms with Crippen molar-refractivity contribution in [3.05, 3.63) is 25.9 Å². The molecule has 1 heterocycles. The highest BCUT2D eigenvalue weighted by atomic mass is 127. The van der Waals surface area contributed by atoms with Crippen LogP contribution in [0.3, 0.4) is 0 Å². The summed E-state index contributed by atoms with van der Waals surface area (Å²) in [5.74, 6) is 0.185. The van der Waals surface area contributed by atoms with Crippen LogP contribution in [0, 0.1) is 13.7 Å². The summed E-state index contributed by atoms with van der Waals surface area (Å²) in [5.41, 5.74) is -0.0784. The van der Waals surface area contributed by atoms with Gasteiger partial charge in [-0.3, -0.25) is 10.1 Å². The van der Waals surface area contributed by atoms with Crippen molar-refractivity contribution in [2.45, 2.75) is 0 Å². The molecular weight excluding hydrogens is 301 g/mol. The van der Waals surface area contributed by atoms with Crippen molar-refractivity contribution >= 4 is 34.1 Å². The fraction of sp³-hybridized carbons (Fsp3) is 0.286. The maximum absolute atomic E-state index is 10.6. The Morgan fingerprint density at radius 3 is 3.00 bits per heavy atom. The van der Waals surface area contributed by atoms with E-state index in [1.165, 1.54) is 12.3 Å². The molecule has 0 saturated heterocycles. The molecule has 1 aromatic rings. The molecule has 0 atom stereocenters. The quantitative estimate of drug-likeness (QED) is 0.492. The van der Waals surface area contributed by atoms with E-state index < -0.39 is 4.92 Å². The second-order valence-electron chi connectivity index (χ2n) is 2.43. The van der Waals surface area contributed by atoms with E-state index in [0.29, 0.717) is 3.57 Å². The molecule has 6 nitrogen and oxygen atoms in total. The van der Waals surface area contributed by atoms with Gasteiger partial charge in [0.25, 0.3) is 0 Å². The second kappa shape index (κ2) is 5.05. The fourth-order valence-electron chi connectivity index (χ4n) is 0.878. The van der Waals surface area contributed by atoms with E-state index in [4.69, 9.17) is 5.11 Å². The van der Waals surface area contributed by atoms with Gasteiger partial charge in [-0.25, -0.2) is 4.98 Å². The Hall–Kier alpha value is -0.960. The van der Waals surface area contributed by atoms with Gasteiger partial charge in [-0.1, -0.05) is 0 Å². The van der Waals surface area contributed by atoms with Crippen LogP contribution in [0.1, 0.15) is 0 Å². The molecule has 0 radical (unpaired) electrons. The van der Waals surface area contributed by atoms with E-state index in [9.17, 15) is 10.1 Å². The van der Waals surface area contributed by atoms with E-state index >= 15 is 0 Å². The SMILES string of the molecule is O=[N+]([O-])c1cc(I)cnc1NCCO. The van der Waals surface area contributed by atoms with Crippen LogP contribution in [0.15, 0.2) is 12.3 Å². The number of nitrogens with zero attached hydrogens (tertiary/aromatic N) is 2. The van der Waals surface area contributed by atoms with Crippen molar-refractivity contribution in [3.63, 3.8) is 0 Å². The Morgan fingerprint density at radius 2 is 2.43 bits per heavy atom. The summed E-state index contributed by atoms with van der Waals surface area (Å²) >= 11 is 1.95. The van der Waals surface area contributed by atoms with Crippen LogP contribution in [0.4, 0.5) is 11.5 Å². The first-order chi connectivity index (χ1) is 6.65. The zero-order valence-electron chi connectivity index (χ0n) is 7.11. The minimum absolute atomic E-state index is 0.0784. The monoisotopic (exact) mass is 309 g/mol. The molecule has 2 N–H and O–H groups in total. The van der Waals surface area contributed by atoms with Crippen LogP contribution >= 0.6 is 22.6 Å². The molecule has 7 heteroatoms. The van der Waals surface area contributed by atoms with E-state index in [-0.39, 0.29) is 24.7 Å². The normalized spacial score (nSPS) is 9.86. The topological polar surface area (TPSA) is 88.3 Å². The summed E-state index contributed by atoms with van der Waals surface area (Å²) in [4.78, 5) is 14.0. The molecule has 14 heavy (non-hydrogen) atoms. The molecule has 1 aromatic heterocycles. The van der Waals surface area contributed by atoms with Crippen molar-refractivity contribution in [2.75, 3.05) is 18.5 Å². The first-order valence-corrected chi connectivity index (χ1v) is 4.87. The third-order valence-corrected chi connectivity index (χ3v) is 2.03. The van der Waals surface area contributed by atoms with Gasteiger partial charge in [0.2, 0.25) is 5.82 Å². The van der Waals surface area contributed by atoms with Gasteiger partial charge < -0.3 is 10.4 Å². The Bertz CT molecular complexity index is 345. The van der Waals surface area contributed by atoms with Gasteiger partial charge in [0.15, 0.2) is 0 Å². The zero-order chi connectivity index (χ0) is 10.6. The van der Waals surface area contributed by atoms with Crippen molar-refractivity contribution in [2.24, 2.45) is 0 Å². The molecule has 1 rings (SSSR count). The number of aliphatic hydroxyl groups excluding tert-OH is 1. The molecule has 0 aliphatic rings. The van der Waals surface area contributed by atoms with Gasteiger partial charge in [0.05, 0.1) is 11.5 Å². The molecule has 0 unspecified atom stereocenters. The lowest BCUT2D eigenvalue weighted by molar-refractivity contribution is -0.384. The highest BCUT2D eigenvalue weighted by Crippen LogP contribution is 2.22. The number of nitro groups is 1. The van der Waals surface area contributed by atoms with Gasteiger partial charge >= 0.3 is 5.69 Å². The summed E-state index contributed by atoms with van der Waals surface area (Å²) in [6.07, 6.45) is 1.52. The lowest BCUT2D eigenvalue weighted by atomic mass is 10.4. The van der Waals surface area contributed by atoms with Crippen molar-refractivity contribution in [1.82, 2.24) is 4.98 Å². The molecular formula is C7H8IN3O3. The van der Waals surface area contributed by atoms with Gasteiger partial charge in [-0.05, 0) is 22.6 Å². The molecule has 0 aliphatic carbocycles.